The Balaban J connectivity index is 2.76. The molecule has 1 amide bonds. The Morgan fingerprint density at radius 3 is 2.75 bits per heavy atom. The van der Waals surface area contributed by atoms with E-state index in [-0.39, 0.29) is 23.9 Å². The highest BCUT2D eigenvalue weighted by Gasteiger charge is 2.37. The van der Waals surface area contributed by atoms with Crippen LogP contribution in [0.3, 0.4) is 0 Å². The summed E-state index contributed by atoms with van der Waals surface area (Å²) in [5, 5.41) is 9.00. The van der Waals surface area contributed by atoms with Crippen LogP contribution in [0.4, 0.5) is 0 Å². The van der Waals surface area contributed by atoms with Crippen LogP contribution in [0.25, 0.3) is 0 Å². The molecular weight excluding hydrogens is 202 g/mol. The van der Waals surface area contributed by atoms with E-state index in [4.69, 9.17) is 11.0 Å². The molecule has 0 aromatic heterocycles. The third kappa shape index (κ3) is 2.35. The van der Waals surface area contributed by atoms with Gasteiger partial charge in [-0.3, -0.25) is 4.79 Å². The number of hydrogen-bond acceptors (Lipinski definition) is 3. The molecule has 1 fully saturated rings. The van der Waals surface area contributed by atoms with E-state index in [1.54, 1.807) is 4.90 Å². The summed E-state index contributed by atoms with van der Waals surface area (Å²) < 4.78 is 0. The van der Waals surface area contributed by atoms with Crippen molar-refractivity contribution in [3.8, 4) is 6.07 Å². The largest absolute Gasteiger partial charge is 0.323 e. The number of carbonyl (C=O) groups excluding carboxylic acids is 1. The summed E-state index contributed by atoms with van der Waals surface area (Å²) in [6, 6.07) is 1.58. The zero-order valence-corrected chi connectivity index (χ0v) is 10.3. The lowest BCUT2D eigenvalue weighted by molar-refractivity contribution is -0.135. The van der Waals surface area contributed by atoms with Crippen molar-refractivity contribution >= 4 is 5.91 Å². The lowest BCUT2D eigenvalue weighted by Gasteiger charge is -2.29. The van der Waals surface area contributed by atoms with Gasteiger partial charge >= 0.3 is 0 Å². The molecule has 4 nitrogen and oxygen atoms in total. The molecule has 1 aliphatic rings. The summed E-state index contributed by atoms with van der Waals surface area (Å²) in [7, 11) is 0. The average Bonchev–Trinajstić information content (AvgIpc) is 2.67. The molecule has 1 saturated heterocycles. The summed E-state index contributed by atoms with van der Waals surface area (Å²) >= 11 is 0. The fraction of sp³-hybridized carbons (Fsp3) is 0.833. The van der Waals surface area contributed by atoms with Gasteiger partial charge in [0.25, 0.3) is 0 Å². The maximum absolute atomic E-state index is 12.2. The quantitative estimate of drug-likeness (QED) is 0.783. The van der Waals surface area contributed by atoms with Crippen LogP contribution in [-0.2, 0) is 4.79 Å². The third-order valence-electron chi connectivity index (χ3n) is 3.61. The second-order valence-corrected chi connectivity index (χ2v) is 4.73. The number of nitriles is 1. The Kier molecular flexibility index (Phi) is 4.31. The van der Waals surface area contributed by atoms with Gasteiger partial charge in [-0.05, 0) is 25.7 Å². The number of hydrogen-bond donors (Lipinski definition) is 1. The van der Waals surface area contributed by atoms with Gasteiger partial charge < -0.3 is 10.6 Å². The maximum atomic E-state index is 12.2. The Hall–Kier alpha value is -1.08. The van der Waals surface area contributed by atoms with E-state index >= 15 is 0 Å². The molecule has 0 unspecified atom stereocenters. The smallest absolute Gasteiger partial charge is 0.241 e. The normalized spacial score (nSPS) is 28.6. The molecule has 1 aliphatic heterocycles. The average molecular weight is 223 g/mol. The van der Waals surface area contributed by atoms with E-state index in [9.17, 15) is 4.79 Å². The minimum absolute atomic E-state index is 0.0640. The van der Waals surface area contributed by atoms with E-state index in [2.05, 4.69) is 6.07 Å². The fourth-order valence-corrected chi connectivity index (χ4v) is 2.15. The maximum Gasteiger partial charge on any atom is 0.241 e. The predicted octanol–water partition coefficient (Wildman–Crippen LogP) is 1.26. The number of likely N-dealkylation sites (tertiary alicyclic amines) is 1. The first-order valence-corrected chi connectivity index (χ1v) is 6.00. The Labute approximate surface area is 97.4 Å². The van der Waals surface area contributed by atoms with Gasteiger partial charge in [0.2, 0.25) is 5.91 Å². The zero-order chi connectivity index (χ0) is 12.3. The molecule has 0 aromatic carbocycles. The highest BCUT2D eigenvalue weighted by molar-refractivity contribution is 5.83. The number of nitrogens with two attached hydrogens (primary N) is 1. The van der Waals surface area contributed by atoms with E-state index in [1.165, 1.54) is 0 Å². The number of carbonyl (C=O) groups is 1. The SMILES string of the molecule is CC[C@H](C)[C@H](N)C(=O)N1[C@H](C#N)CC[C@@H]1C. The zero-order valence-electron chi connectivity index (χ0n) is 10.3. The molecule has 2 N–H and O–H groups in total. The van der Waals surface area contributed by atoms with Gasteiger partial charge in [0.05, 0.1) is 12.1 Å². The summed E-state index contributed by atoms with van der Waals surface area (Å²) in [5.74, 6) is 0.102. The van der Waals surface area contributed by atoms with Crippen molar-refractivity contribution in [2.45, 2.75) is 58.2 Å². The van der Waals surface area contributed by atoms with Crippen LogP contribution in [0.2, 0.25) is 0 Å². The highest BCUT2D eigenvalue weighted by Crippen LogP contribution is 2.25. The van der Waals surface area contributed by atoms with E-state index < -0.39 is 6.04 Å². The van der Waals surface area contributed by atoms with Crippen LogP contribution in [0, 0.1) is 17.2 Å². The second kappa shape index (κ2) is 5.31. The topological polar surface area (TPSA) is 70.1 Å². The molecule has 4 atom stereocenters. The van der Waals surface area contributed by atoms with Gasteiger partial charge in [-0.2, -0.15) is 5.26 Å². The van der Waals surface area contributed by atoms with E-state index in [1.807, 2.05) is 20.8 Å². The van der Waals surface area contributed by atoms with Gasteiger partial charge in [0.15, 0.2) is 0 Å². The standard InChI is InChI=1S/C12H21N3O/c1-4-8(2)11(14)12(16)15-9(3)5-6-10(15)7-13/h8-11H,4-6,14H2,1-3H3/t8-,9-,10-,11-/m0/s1. The minimum atomic E-state index is -0.471. The summed E-state index contributed by atoms with van der Waals surface area (Å²) in [5.41, 5.74) is 5.93. The molecule has 4 heteroatoms. The van der Waals surface area contributed by atoms with E-state index in [0.717, 1.165) is 19.3 Å². The third-order valence-corrected chi connectivity index (χ3v) is 3.61. The lowest BCUT2D eigenvalue weighted by atomic mass is 9.98. The predicted molar refractivity (Wildman–Crippen MR) is 62.4 cm³/mol. The summed E-state index contributed by atoms with van der Waals surface area (Å²) in [4.78, 5) is 13.9. The minimum Gasteiger partial charge on any atom is -0.323 e. The molecular formula is C12H21N3O. The molecule has 0 spiro atoms. The van der Waals surface area contributed by atoms with Crippen LogP contribution < -0.4 is 5.73 Å². The first-order valence-electron chi connectivity index (χ1n) is 6.00. The first-order chi connectivity index (χ1) is 7.52. The molecule has 90 valence electrons. The van der Waals surface area contributed by atoms with Crippen LogP contribution in [0.5, 0.6) is 0 Å². The molecule has 0 saturated carbocycles. The van der Waals surface area contributed by atoms with E-state index in [0.29, 0.717) is 0 Å². The van der Waals surface area contributed by atoms with Gasteiger partial charge in [0, 0.05) is 6.04 Å². The molecule has 0 bridgehead atoms. The van der Waals surface area contributed by atoms with Gasteiger partial charge in [0.1, 0.15) is 6.04 Å². The molecule has 16 heavy (non-hydrogen) atoms. The Bertz CT molecular complexity index is 297. The summed E-state index contributed by atoms with van der Waals surface area (Å²) in [6.07, 6.45) is 2.56. The van der Waals surface area contributed by atoms with Crippen LogP contribution in [-0.4, -0.2) is 28.9 Å². The molecule has 1 heterocycles. The highest BCUT2D eigenvalue weighted by atomic mass is 16.2. The van der Waals surface area contributed by atoms with Crippen LogP contribution in [0.15, 0.2) is 0 Å². The van der Waals surface area contributed by atoms with Crippen molar-refractivity contribution in [2.24, 2.45) is 11.7 Å². The van der Waals surface area contributed by atoms with Gasteiger partial charge in [-0.25, -0.2) is 0 Å². The van der Waals surface area contributed by atoms with Crippen LogP contribution >= 0.6 is 0 Å². The van der Waals surface area contributed by atoms with Crippen molar-refractivity contribution in [1.82, 2.24) is 4.90 Å². The summed E-state index contributed by atoms with van der Waals surface area (Å²) in [6.45, 7) is 5.98. The van der Waals surface area contributed by atoms with Gasteiger partial charge in [-0.1, -0.05) is 20.3 Å². The fourth-order valence-electron chi connectivity index (χ4n) is 2.15. The number of nitrogens with zero attached hydrogens (tertiary/aromatic N) is 2. The van der Waals surface area contributed by atoms with Gasteiger partial charge in [-0.15, -0.1) is 0 Å². The Morgan fingerprint density at radius 1 is 1.62 bits per heavy atom. The van der Waals surface area contributed by atoms with Crippen molar-refractivity contribution < 1.29 is 4.79 Å². The monoisotopic (exact) mass is 223 g/mol. The first kappa shape index (κ1) is 13.0. The molecule has 1 rings (SSSR count). The second-order valence-electron chi connectivity index (χ2n) is 4.73. The Morgan fingerprint density at radius 2 is 2.25 bits per heavy atom. The lowest BCUT2D eigenvalue weighted by Crippen LogP contribution is -2.50. The van der Waals surface area contributed by atoms with Crippen molar-refractivity contribution in [3.05, 3.63) is 0 Å². The number of amides is 1. The van der Waals surface area contributed by atoms with Crippen molar-refractivity contribution in [2.75, 3.05) is 0 Å². The molecule has 0 radical (unpaired) electrons. The van der Waals surface area contributed by atoms with Crippen LogP contribution in [0.1, 0.15) is 40.0 Å². The molecule has 0 aromatic rings. The molecule has 0 aliphatic carbocycles. The van der Waals surface area contributed by atoms with Crippen molar-refractivity contribution in [3.63, 3.8) is 0 Å². The van der Waals surface area contributed by atoms with Crippen molar-refractivity contribution in [1.29, 1.82) is 5.26 Å². The number of rotatable bonds is 3.